The smallest absolute Gasteiger partial charge is 0.0233 e. The maximum absolute atomic E-state index is 3.59. The molecule has 0 bridgehead atoms. The Kier molecular flexibility index (Phi) is 2.98. The highest BCUT2D eigenvalue weighted by Gasteiger charge is 2.24. The van der Waals surface area contributed by atoms with E-state index in [2.05, 4.69) is 16.0 Å². The molecule has 2 fully saturated rings. The van der Waals surface area contributed by atoms with E-state index in [1.807, 2.05) is 0 Å². The fourth-order valence-corrected chi connectivity index (χ4v) is 2.23. The van der Waals surface area contributed by atoms with Gasteiger partial charge in [-0.05, 0) is 31.8 Å². The minimum Gasteiger partial charge on any atom is -0.316 e. The molecule has 2 rings (SSSR count). The summed E-state index contributed by atoms with van der Waals surface area (Å²) in [6, 6.07) is 0.714. The second-order valence-corrected chi connectivity index (χ2v) is 3.87. The Morgan fingerprint density at radius 1 is 0.917 bits per heavy atom. The van der Waals surface area contributed by atoms with Gasteiger partial charge in [0.25, 0.3) is 0 Å². The molecular formula is C9H19N3. The van der Waals surface area contributed by atoms with Crippen LogP contribution in [0.4, 0.5) is 0 Å². The van der Waals surface area contributed by atoms with Crippen molar-refractivity contribution in [1.82, 2.24) is 16.0 Å². The van der Waals surface area contributed by atoms with Gasteiger partial charge in [0.1, 0.15) is 0 Å². The van der Waals surface area contributed by atoms with Crippen LogP contribution in [0.25, 0.3) is 0 Å². The molecule has 3 N–H and O–H groups in total. The van der Waals surface area contributed by atoms with Crippen molar-refractivity contribution in [2.24, 2.45) is 5.92 Å². The van der Waals surface area contributed by atoms with Crippen molar-refractivity contribution >= 4 is 0 Å². The lowest BCUT2D eigenvalue weighted by Crippen LogP contribution is -2.54. The van der Waals surface area contributed by atoms with Crippen LogP contribution in [0.2, 0.25) is 0 Å². The second-order valence-electron chi connectivity index (χ2n) is 3.87. The molecule has 2 atom stereocenters. The van der Waals surface area contributed by atoms with Gasteiger partial charge in [0, 0.05) is 25.7 Å². The van der Waals surface area contributed by atoms with Gasteiger partial charge in [-0.2, -0.15) is 0 Å². The summed E-state index contributed by atoms with van der Waals surface area (Å²) in [6.45, 7) is 5.86. The van der Waals surface area contributed by atoms with Crippen LogP contribution in [0.15, 0.2) is 0 Å². The number of hydrogen-bond acceptors (Lipinski definition) is 3. The molecular weight excluding hydrogens is 150 g/mol. The van der Waals surface area contributed by atoms with Crippen LogP contribution < -0.4 is 16.0 Å². The number of rotatable bonds is 1. The zero-order valence-corrected chi connectivity index (χ0v) is 7.60. The van der Waals surface area contributed by atoms with Gasteiger partial charge in [0.2, 0.25) is 0 Å². The van der Waals surface area contributed by atoms with E-state index in [-0.39, 0.29) is 0 Å². The Morgan fingerprint density at radius 2 is 1.83 bits per heavy atom. The first-order valence-electron chi connectivity index (χ1n) is 5.11. The summed E-state index contributed by atoms with van der Waals surface area (Å²) in [4.78, 5) is 0. The normalized spacial score (nSPS) is 38.0. The van der Waals surface area contributed by atoms with E-state index >= 15 is 0 Å². The van der Waals surface area contributed by atoms with Crippen LogP contribution in [0, 0.1) is 5.92 Å². The molecule has 0 aromatic carbocycles. The Bertz CT molecular complexity index is 110. The highest BCUT2D eigenvalue weighted by atomic mass is 15.1. The predicted molar refractivity (Wildman–Crippen MR) is 50.3 cm³/mol. The van der Waals surface area contributed by atoms with Crippen LogP contribution in [-0.4, -0.2) is 38.8 Å². The van der Waals surface area contributed by atoms with Crippen molar-refractivity contribution in [2.75, 3.05) is 32.7 Å². The van der Waals surface area contributed by atoms with Crippen molar-refractivity contribution < 1.29 is 0 Å². The van der Waals surface area contributed by atoms with Gasteiger partial charge in [-0.3, -0.25) is 0 Å². The topological polar surface area (TPSA) is 36.1 Å². The molecule has 0 aliphatic carbocycles. The van der Waals surface area contributed by atoms with E-state index in [4.69, 9.17) is 0 Å². The Labute approximate surface area is 74.3 Å². The molecule has 70 valence electrons. The summed E-state index contributed by atoms with van der Waals surface area (Å²) in [5.41, 5.74) is 0. The molecule has 2 aliphatic rings. The van der Waals surface area contributed by atoms with Crippen LogP contribution in [0.1, 0.15) is 12.8 Å². The lowest BCUT2D eigenvalue weighted by Gasteiger charge is -2.34. The molecule has 0 spiro atoms. The second kappa shape index (κ2) is 4.21. The van der Waals surface area contributed by atoms with Crippen LogP contribution >= 0.6 is 0 Å². The van der Waals surface area contributed by atoms with Crippen LogP contribution in [0.5, 0.6) is 0 Å². The molecule has 3 heteroatoms. The zero-order chi connectivity index (χ0) is 8.23. The third kappa shape index (κ3) is 1.97. The number of piperidine rings is 1. The van der Waals surface area contributed by atoms with Crippen molar-refractivity contribution in [3.05, 3.63) is 0 Å². The van der Waals surface area contributed by atoms with Crippen molar-refractivity contribution in [2.45, 2.75) is 18.9 Å². The van der Waals surface area contributed by atoms with E-state index in [0.717, 1.165) is 25.6 Å². The summed E-state index contributed by atoms with van der Waals surface area (Å²) in [5, 5.41) is 10.5. The maximum Gasteiger partial charge on any atom is 0.0233 e. The molecule has 12 heavy (non-hydrogen) atoms. The molecule has 0 aromatic rings. The first-order chi connectivity index (χ1) is 5.97. The molecule has 2 aliphatic heterocycles. The number of nitrogens with one attached hydrogen (secondary N) is 3. The Morgan fingerprint density at radius 3 is 2.50 bits per heavy atom. The fourth-order valence-electron chi connectivity index (χ4n) is 2.23. The van der Waals surface area contributed by atoms with Crippen molar-refractivity contribution in [3.8, 4) is 0 Å². The summed E-state index contributed by atoms with van der Waals surface area (Å²) in [6.07, 6.45) is 2.75. The maximum atomic E-state index is 3.59. The third-order valence-corrected chi connectivity index (χ3v) is 2.98. The Balaban J connectivity index is 1.80. The molecule has 0 saturated carbocycles. The summed E-state index contributed by atoms with van der Waals surface area (Å²) >= 11 is 0. The summed E-state index contributed by atoms with van der Waals surface area (Å²) in [5.74, 6) is 0.853. The first-order valence-corrected chi connectivity index (χ1v) is 5.11. The monoisotopic (exact) mass is 169 g/mol. The fraction of sp³-hybridized carbons (Fsp3) is 1.00. The largest absolute Gasteiger partial charge is 0.316 e. The van der Waals surface area contributed by atoms with Crippen LogP contribution in [0.3, 0.4) is 0 Å². The Hall–Kier alpha value is -0.120. The SMILES string of the molecule is C1CNCC(C2CNCCN2)C1. The summed E-state index contributed by atoms with van der Waals surface area (Å²) in [7, 11) is 0. The molecule has 2 heterocycles. The van der Waals surface area contributed by atoms with E-state index in [1.54, 1.807) is 0 Å². The highest BCUT2D eigenvalue weighted by Crippen LogP contribution is 2.14. The highest BCUT2D eigenvalue weighted by molar-refractivity contribution is 4.85. The number of piperazine rings is 1. The predicted octanol–water partition coefficient (Wildman–Crippen LogP) is -0.453. The zero-order valence-electron chi connectivity index (χ0n) is 7.60. The summed E-state index contributed by atoms with van der Waals surface area (Å²) < 4.78 is 0. The minimum absolute atomic E-state index is 0.714. The standard InChI is InChI=1S/C9H19N3/c1-2-8(6-10-3-1)9-7-11-4-5-12-9/h8-12H,1-7H2. The molecule has 3 nitrogen and oxygen atoms in total. The van der Waals surface area contributed by atoms with Gasteiger partial charge in [-0.1, -0.05) is 0 Å². The van der Waals surface area contributed by atoms with E-state index < -0.39 is 0 Å². The van der Waals surface area contributed by atoms with Gasteiger partial charge in [0.15, 0.2) is 0 Å². The molecule has 0 aromatic heterocycles. The quantitative estimate of drug-likeness (QED) is 0.497. The molecule has 0 amide bonds. The van der Waals surface area contributed by atoms with Crippen LogP contribution in [-0.2, 0) is 0 Å². The van der Waals surface area contributed by atoms with Gasteiger partial charge >= 0.3 is 0 Å². The van der Waals surface area contributed by atoms with Gasteiger partial charge < -0.3 is 16.0 Å². The molecule has 2 saturated heterocycles. The molecule has 0 radical (unpaired) electrons. The van der Waals surface area contributed by atoms with Gasteiger partial charge in [0.05, 0.1) is 0 Å². The van der Waals surface area contributed by atoms with E-state index in [9.17, 15) is 0 Å². The van der Waals surface area contributed by atoms with Crippen molar-refractivity contribution in [3.63, 3.8) is 0 Å². The first kappa shape index (κ1) is 8.48. The van der Waals surface area contributed by atoms with E-state index in [0.29, 0.717) is 6.04 Å². The third-order valence-electron chi connectivity index (χ3n) is 2.98. The lowest BCUT2D eigenvalue weighted by atomic mass is 9.91. The molecule has 2 unspecified atom stereocenters. The van der Waals surface area contributed by atoms with Gasteiger partial charge in [-0.25, -0.2) is 0 Å². The van der Waals surface area contributed by atoms with Crippen molar-refractivity contribution in [1.29, 1.82) is 0 Å². The minimum atomic E-state index is 0.714. The average molecular weight is 169 g/mol. The average Bonchev–Trinajstić information content (AvgIpc) is 2.21. The van der Waals surface area contributed by atoms with Gasteiger partial charge in [-0.15, -0.1) is 0 Å². The number of hydrogen-bond donors (Lipinski definition) is 3. The lowest BCUT2D eigenvalue weighted by molar-refractivity contribution is 0.258. The van der Waals surface area contributed by atoms with E-state index in [1.165, 1.54) is 25.9 Å².